The molecule has 86 valence electrons. The highest BCUT2D eigenvalue weighted by atomic mass is 32.2. The number of carbonyl (C=O) groups excluding carboxylic acids is 1. The van der Waals surface area contributed by atoms with E-state index < -0.39 is 17.4 Å². The molecule has 4 nitrogen and oxygen atoms in total. The first kappa shape index (κ1) is 12.6. The Labute approximate surface area is 97.6 Å². The second-order valence-corrected chi connectivity index (χ2v) is 4.24. The van der Waals surface area contributed by atoms with Crippen LogP contribution < -0.4 is 0 Å². The topological polar surface area (TPSA) is 63.6 Å². The van der Waals surface area contributed by atoms with Gasteiger partial charge in [0, 0.05) is 0 Å². The lowest BCUT2D eigenvalue weighted by Gasteiger charge is -2.11. The number of aliphatic carboxylic acids is 1. The Morgan fingerprint density at radius 1 is 1.38 bits per heavy atom. The van der Waals surface area contributed by atoms with Crippen molar-refractivity contribution in [1.82, 2.24) is 0 Å². The summed E-state index contributed by atoms with van der Waals surface area (Å²) < 4.78 is 4.86. The van der Waals surface area contributed by atoms with Gasteiger partial charge in [-0.1, -0.05) is 25.1 Å². The molecule has 0 aliphatic rings. The summed E-state index contributed by atoms with van der Waals surface area (Å²) >= 11 is 1.06. The van der Waals surface area contributed by atoms with Gasteiger partial charge in [-0.3, -0.25) is 0 Å². The van der Waals surface area contributed by atoms with Crippen molar-refractivity contribution < 1.29 is 19.4 Å². The molecule has 0 aromatic heterocycles. The average Bonchev–Trinajstić information content (AvgIpc) is 2.29. The minimum absolute atomic E-state index is 0.352. The van der Waals surface area contributed by atoms with Crippen LogP contribution in [0, 0.1) is 0 Å². The third kappa shape index (κ3) is 3.58. The molecule has 5 heteroatoms. The zero-order valence-corrected chi connectivity index (χ0v) is 9.57. The van der Waals surface area contributed by atoms with Gasteiger partial charge in [-0.2, -0.15) is 0 Å². The van der Waals surface area contributed by atoms with E-state index in [0.717, 1.165) is 11.8 Å². The average molecular weight is 240 g/mol. The van der Waals surface area contributed by atoms with E-state index in [1.807, 2.05) is 0 Å². The van der Waals surface area contributed by atoms with E-state index in [1.54, 1.807) is 37.3 Å². The zero-order valence-electron chi connectivity index (χ0n) is 8.75. The first-order valence-corrected chi connectivity index (χ1v) is 5.80. The maximum Gasteiger partial charge on any atom is 0.355 e. The van der Waals surface area contributed by atoms with Gasteiger partial charge in [-0.25, -0.2) is 9.59 Å². The van der Waals surface area contributed by atoms with Gasteiger partial charge >= 0.3 is 11.9 Å². The summed E-state index contributed by atoms with van der Waals surface area (Å²) in [4.78, 5) is 22.3. The monoisotopic (exact) mass is 240 g/mol. The largest absolute Gasteiger partial charge is 0.478 e. The van der Waals surface area contributed by atoms with Gasteiger partial charge in [0.2, 0.25) is 5.44 Å². The lowest BCUT2D eigenvalue weighted by atomic mass is 10.2. The van der Waals surface area contributed by atoms with Crippen molar-refractivity contribution in [3.05, 3.63) is 35.9 Å². The molecule has 1 rings (SSSR count). The quantitative estimate of drug-likeness (QED) is 0.630. The molecule has 0 spiro atoms. The van der Waals surface area contributed by atoms with E-state index in [9.17, 15) is 9.59 Å². The third-order valence-corrected chi connectivity index (χ3v) is 2.68. The number of hydrogen-bond donors (Lipinski definition) is 1. The number of carboxylic acids is 1. The number of carboxylic acid groups (broad SMARTS) is 1. The van der Waals surface area contributed by atoms with E-state index >= 15 is 0 Å². The van der Waals surface area contributed by atoms with Gasteiger partial charge in [0.15, 0.2) is 0 Å². The van der Waals surface area contributed by atoms with Crippen molar-refractivity contribution in [3.8, 4) is 0 Å². The molecule has 0 heterocycles. The van der Waals surface area contributed by atoms with E-state index in [4.69, 9.17) is 9.84 Å². The first-order chi connectivity index (χ1) is 7.65. The molecule has 1 atom stereocenters. The standard InChI is InChI=1S/C11H12O4S/c1-2-16-11(9(12)13)15-10(14)8-6-4-3-5-7-8/h3-7,11H,2H2,1H3,(H,12,13). The molecular weight excluding hydrogens is 228 g/mol. The Balaban J connectivity index is 2.65. The molecule has 1 aromatic rings. The van der Waals surface area contributed by atoms with Gasteiger partial charge in [0.05, 0.1) is 5.56 Å². The molecule has 0 radical (unpaired) electrons. The summed E-state index contributed by atoms with van der Waals surface area (Å²) in [5.74, 6) is -1.19. The van der Waals surface area contributed by atoms with Crippen molar-refractivity contribution in [2.45, 2.75) is 12.4 Å². The molecule has 1 aromatic carbocycles. The van der Waals surface area contributed by atoms with Gasteiger partial charge < -0.3 is 9.84 Å². The van der Waals surface area contributed by atoms with Gasteiger partial charge in [0.1, 0.15) is 0 Å². The number of benzene rings is 1. The maximum atomic E-state index is 11.5. The van der Waals surface area contributed by atoms with Crippen molar-refractivity contribution in [1.29, 1.82) is 0 Å². The van der Waals surface area contributed by atoms with Crippen LogP contribution in [0.5, 0.6) is 0 Å². The van der Waals surface area contributed by atoms with Gasteiger partial charge in [0.25, 0.3) is 0 Å². The Kier molecular flexibility index (Phi) is 4.85. The summed E-state index contributed by atoms with van der Waals surface area (Å²) in [7, 11) is 0. The molecule has 0 amide bonds. The van der Waals surface area contributed by atoms with Gasteiger partial charge in [-0.05, 0) is 17.9 Å². The molecule has 0 fully saturated rings. The van der Waals surface area contributed by atoms with Crippen LogP contribution in [-0.4, -0.2) is 28.2 Å². The van der Waals surface area contributed by atoms with Crippen molar-refractivity contribution in [2.24, 2.45) is 0 Å². The predicted molar refractivity (Wildman–Crippen MR) is 61.4 cm³/mol. The van der Waals surface area contributed by atoms with Crippen LogP contribution in [0.15, 0.2) is 30.3 Å². The van der Waals surface area contributed by atoms with Crippen LogP contribution >= 0.6 is 11.8 Å². The minimum atomic E-state index is -1.14. The molecule has 1 unspecified atom stereocenters. The minimum Gasteiger partial charge on any atom is -0.478 e. The van der Waals surface area contributed by atoms with Crippen LogP contribution in [0.1, 0.15) is 17.3 Å². The number of thioether (sulfide) groups is 1. The molecular formula is C11H12O4S. The second kappa shape index (κ2) is 6.17. The van der Waals surface area contributed by atoms with Gasteiger partial charge in [-0.15, -0.1) is 11.8 Å². The zero-order chi connectivity index (χ0) is 12.0. The Morgan fingerprint density at radius 2 is 2.00 bits per heavy atom. The van der Waals surface area contributed by atoms with E-state index in [-0.39, 0.29) is 0 Å². The van der Waals surface area contributed by atoms with Crippen molar-refractivity contribution in [2.75, 3.05) is 5.75 Å². The SMILES string of the molecule is CCSC(OC(=O)c1ccccc1)C(=O)O. The summed E-state index contributed by atoms with van der Waals surface area (Å²) in [6.45, 7) is 1.80. The van der Waals surface area contributed by atoms with Crippen LogP contribution in [0.2, 0.25) is 0 Å². The fourth-order valence-corrected chi connectivity index (χ4v) is 1.65. The third-order valence-electron chi connectivity index (χ3n) is 1.74. The normalized spacial score (nSPS) is 11.8. The lowest BCUT2D eigenvalue weighted by molar-refractivity contribution is -0.142. The number of rotatable bonds is 5. The molecule has 0 saturated heterocycles. The first-order valence-electron chi connectivity index (χ1n) is 4.75. The highest BCUT2D eigenvalue weighted by Crippen LogP contribution is 2.14. The second-order valence-electron chi connectivity index (χ2n) is 2.90. The summed E-state index contributed by atoms with van der Waals surface area (Å²) in [6, 6.07) is 8.32. The van der Waals surface area contributed by atoms with Crippen LogP contribution in [0.3, 0.4) is 0 Å². The molecule has 1 N–H and O–H groups in total. The lowest BCUT2D eigenvalue weighted by Crippen LogP contribution is -2.24. The number of carbonyl (C=O) groups is 2. The van der Waals surface area contributed by atoms with Crippen molar-refractivity contribution in [3.63, 3.8) is 0 Å². The van der Waals surface area contributed by atoms with Crippen LogP contribution in [0.4, 0.5) is 0 Å². The number of esters is 1. The van der Waals surface area contributed by atoms with Crippen LogP contribution in [0.25, 0.3) is 0 Å². The fraction of sp³-hybridized carbons (Fsp3) is 0.273. The van der Waals surface area contributed by atoms with E-state index in [2.05, 4.69) is 0 Å². The highest BCUT2D eigenvalue weighted by molar-refractivity contribution is 8.00. The van der Waals surface area contributed by atoms with Crippen LogP contribution in [-0.2, 0) is 9.53 Å². The fourth-order valence-electron chi connectivity index (χ4n) is 1.05. The molecule has 0 saturated carbocycles. The number of hydrogen-bond acceptors (Lipinski definition) is 4. The molecule has 0 aliphatic carbocycles. The summed E-state index contributed by atoms with van der Waals surface area (Å²) in [5, 5.41) is 8.80. The van der Waals surface area contributed by atoms with E-state index in [1.165, 1.54) is 0 Å². The Hall–Kier alpha value is -1.49. The Morgan fingerprint density at radius 3 is 2.50 bits per heavy atom. The molecule has 16 heavy (non-hydrogen) atoms. The maximum absolute atomic E-state index is 11.5. The van der Waals surface area contributed by atoms with E-state index in [0.29, 0.717) is 11.3 Å². The Bertz CT molecular complexity index is 364. The highest BCUT2D eigenvalue weighted by Gasteiger charge is 2.22. The summed E-state index contributed by atoms with van der Waals surface area (Å²) in [5.41, 5.74) is -0.789. The predicted octanol–water partition coefficient (Wildman–Crippen LogP) is 2.01. The molecule has 0 bridgehead atoms. The number of ether oxygens (including phenoxy) is 1. The molecule has 0 aliphatic heterocycles. The summed E-state index contributed by atoms with van der Waals surface area (Å²) in [6.07, 6.45) is 0. The van der Waals surface area contributed by atoms with Crippen molar-refractivity contribution >= 4 is 23.7 Å². The smallest absolute Gasteiger partial charge is 0.355 e.